The zero-order chi connectivity index (χ0) is 17.4. The van der Waals surface area contributed by atoms with Gasteiger partial charge in [-0.3, -0.25) is 14.2 Å². The van der Waals surface area contributed by atoms with Gasteiger partial charge in [0.2, 0.25) is 11.6 Å². The van der Waals surface area contributed by atoms with Crippen LogP contribution in [0.2, 0.25) is 0 Å². The maximum atomic E-state index is 12.6. The first-order valence-corrected chi connectivity index (χ1v) is 7.88. The molecule has 0 spiro atoms. The standard InChI is InChI=1S/C16H19N3O5/c1-9-4-3-5-18(6-9)11(20)7-19-8-17-14-13(15(19)21)12(16(22)23)10(2)24-14/h8-9H,3-7H2,1-2H3,(H,22,23). The molecule has 2 aromatic rings. The van der Waals surface area contributed by atoms with Crippen LogP contribution in [0.4, 0.5) is 0 Å². The number of nitrogens with zero attached hydrogens (tertiary/aromatic N) is 3. The Labute approximate surface area is 137 Å². The molecule has 0 saturated carbocycles. The number of likely N-dealkylation sites (tertiary alicyclic amines) is 1. The summed E-state index contributed by atoms with van der Waals surface area (Å²) in [6.45, 7) is 4.76. The molecule has 1 unspecified atom stereocenters. The fourth-order valence-corrected chi connectivity index (χ4v) is 3.17. The molecule has 1 N–H and O–H groups in total. The third kappa shape index (κ3) is 2.79. The van der Waals surface area contributed by atoms with E-state index in [0.717, 1.165) is 17.4 Å². The van der Waals surface area contributed by atoms with Crippen molar-refractivity contribution in [1.82, 2.24) is 14.5 Å². The Kier molecular flexibility index (Phi) is 4.13. The molecule has 1 amide bonds. The van der Waals surface area contributed by atoms with Crippen molar-refractivity contribution >= 4 is 23.0 Å². The summed E-state index contributed by atoms with van der Waals surface area (Å²) >= 11 is 0. The van der Waals surface area contributed by atoms with E-state index >= 15 is 0 Å². The van der Waals surface area contributed by atoms with Crippen molar-refractivity contribution in [3.8, 4) is 0 Å². The predicted molar refractivity (Wildman–Crippen MR) is 84.9 cm³/mol. The summed E-state index contributed by atoms with van der Waals surface area (Å²) in [5.41, 5.74) is -0.797. The van der Waals surface area contributed by atoms with Gasteiger partial charge in [0.05, 0.1) is 0 Å². The fraction of sp³-hybridized carbons (Fsp3) is 0.500. The molecule has 1 atom stereocenters. The first-order chi connectivity index (χ1) is 11.4. The first-order valence-electron chi connectivity index (χ1n) is 7.88. The first kappa shape index (κ1) is 16.2. The van der Waals surface area contributed by atoms with E-state index in [1.807, 2.05) is 0 Å². The van der Waals surface area contributed by atoms with Gasteiger partial charge < -0.3 is 14.4 Å². The molecule has 1 saturated heterocycles. The number of carbonyl (C=O) groups is 2. The Balaban J connectivity index is 1.94. The molecule has 1 aliphatic heterocycles. The molecule has 3 heterocycles. The average molecular weight is 333 g/mol. The summed E-state index contributed by atoms with van der Waals surface area (Å²) < 4.78 is 6.38. The molecule has 0 aliphatic carbocycles. The Bertz CT molecular complexity index is 866. The average Bonchev–Trinajstić information content (AvgIpc) is 2.87. The molecule has 24 heavy (non-hydrogen) atoms. The van der Waals surface area contributed by atoms with Gasteiger partial charge in [-0.2, -0.15) is 0 Å². The topological polar surface area (TPSA) is 106 Å². The highest BCUT2D eigenvalue weighted by Gasteiger charge is 2.25. The van der Waals surface area contributed by atoms with Gasteiger partial charge in [-0.05, 0) is 25.7 Å². The van der Waals surface area contributed by atoms with Crippen molar-refractivity contribution in [3.05, 3.63) is 28.0 Å². The number of furan rings is 1. The molecule has 2 aromatic heterocycles. The van der Waals surface area contributed by atoms with Gasteiger partial charge in [0.25, 0.3) is 5.56 Å². The number of piperidine rings is 1. The quantitative estimate of drug-likeness (QED) is 0.906. The van der Waals surface area contributed by atoms with Gasteiger partial charge in [0, 0.05) is 13.1 Å². The molecule has 128 valence electrons. The lowest BCUT2D eigenvalue weighted by Crippen LogP contribution is -2.42. The second-order valence-electron chi connectivity index (χ2n) is 6.28. The maximum absolute atomic E-state index is 12.6. The summed E-state index contributed by atoms with van der Waals surface area (Å²) in [5, 5.41) is 9.18. The third-order valence-corrected chi connectivity index (χ3v) is 4.38. The number of amides is 1. The Morgan fingerprint density at radius 1 is 1.46 bits per heavy atom. The summed E-state index contributed by atoms with van der Waals surface area (Å²) in [6, 6.07) is 0. The van der Waals surface area contributed by atoms with Crippen molar-refractivity contribution in [2.45, 2.75) is 33.2 Å². The fourth-order valence-electron chi connectivity index (χ4n) is 3.17. The minimum atomic E-state index is -1.25. The van der Waals surface area contributed by atoms with E-state index < -0.39 is 11.5 Å². The number of carboxylic acids is 1. The molecule has 0 aromatic carbocycles. The minimum Gasteiger partial charge on any atom is -0.478 e. The van der Waals surface area contributed by atoms with Gasteiger partial charge in [0.1, 0.15) is 29.6 Å². The van der Waals surface area contributed by atoms with Crippen LogP contribution in [-0.4, -0.2) is 44.5 Å². The minimum absolute atomic E-state index is 0.0230. The Morgan fingerprint density at radius 3 is 2.88 bits per heavy atom. The molecule has 0 bridgehead atoms. The van der Waals surface area contributed by atoms with Crippen molar-refractivity contribution in [3.63, 3.8) is 0 Å². The number of carbonyl (C=O) groups excluding carboxylic acids is 1. The highest BCUT2D eigenvalue weighted by Crippen LogP contribution is 2.21. The monoisotopic (exact) mass is 333 g/mol. The lowest BCUT2D eigenvalue weighted by atomic mass is 10.0. The van der Waals surface area contributed by atoms with E-state index in [-0.39, 0.29) is 34.9 Å². The second kappa shape index (κ2) is 6.10. The molecular weight excluding hydrogens is 314 g/mol. The van der Waals surface area contributed by atoms with Crippen LogP contribution in [0.5, 0.6) is 0 Å². The molecule has 1 fully saturated rings. The van der Waals surface area contributed by atoms with Crippen LogP contribution < -0.4 is 5.56 Å². The third-order valence-electron chi connectivity index (χ3n) is 4.38. The van der Waals surface area contributed by atoms with Crippen LogP contribution in [0.3, 0.4) is 0 Å². The number of carboxylic acid groups (broad SMARTS) is 1. The Morgan fingerprint density at radius 2 is 2.21 bits per heavy atom. The van der Waals surface area contributed by atoms with E-state index in [1.54, 1.807) is 4.90 Å². The number of aryl methyl sites for hydroxylation is 1. The molecular formula is C16H19N3O5. The molecule has 8 nitrogen and oxygen atoms in total. The van der Waals surface area contributed by atoms with Crippen LogP contribution in [-0.2, 0) is 11.3 Å². The number of aromatic nitrogens is 2. The number of fused-ring (bicyclic) bond motifs is 1. The van der Waals surface area contributed by atoms with Crippen LogP contribution in [0.15, 0.2) is 15.5 Å². The Hall–Kier alpha value is -2.64. The zero-order valence-electron chi connectivity index (χ0n) is 13.6. The number of rotatable bonds is 3. The van der Waals surface area contributed by atoms with Crippen molar-refractivity contribution in [1.29, 1.82) is 0 Å². The van der Waals surface area contributed by atoms with Crippen LogP contribution in [0, 0.1) is 12.8 Å². The lowest BCUT2D eigenvalue weighted by molar-refractivity contribution is -0.133. The van der Waals surface area contributed by atoms with Gasteiger partial charge in [-0.1, -0.05) is 6.92 Å². The highest BCUT2D eigenvalue weighted by molar-refractivity contribution is 6.02. The van der Waals surface area contributed by atoms with Gasteiger partial charge in [-0.25, -0.2) is 9.78 Å². The summed E-state index contributed by atoms with van der Waals surface area (Å²) in [4.78, 5) is 42.1. The van der Waals surface area contributed by atoms with E-state index in [2.05, 4.69) is 11.9 Å². The van der Waals surface area contributed by atoms with E-state index in [4.69, 9.17) is 4.42 Å². The summed E-state index contributed by atoms with van der Waals surface area (Å²) in [5.74, 6) is -0.854. The molecule has 0 radical (unpaired) electrons. The molecule has 3 rings (SSSR count). The second-order valence-corrected chi connectivity index (χ2v) is 6.28. The predicted octanol–water partition coefficient (Wildman–Crippen LogP) is 1.25. The van der Waals surface area contributed by atoms with E-state index in [0.29, 0.717) is 19.0 Å². The van der Waals surface area contributed by atoms with Gasteiger partial charge in [-0.15, -0.1) is 0 Å². The maximum Gasteiger partial charge on any atom is 0.340 e. The highest BCUT2D eigenvalue weighted by atomic mass is 16.4. The molecule has 8 heteroatoms. The zero-order valence-corrected chi connectivity index (χ0v) is 13.6. The van der Waals surface area contributed by atoms with Crippen molar-refractivity contribution in [2.24, 2.45) is 5.92 Å². The summed E-state index contributed by atoms with van der Waals surface area (Å²) in [7, 11) is 0. The number of hydrogen-bond donors (Lipinski definition) is 1. The molecule has 1 aliphatic rings. The normalized spacial score (nSPS) is 18.1. The number of hydrogen-bond acceptors (Lipinski definition) is 5. The number of aromatic carboxylic acids is 1. The van der Waals surface area contributed by atoms with Gasteiger partial charge >= 0.3 is 5.97 Å². The lowest BCUT2D eigenvalue weighted by Gasteiger charge is -2.31. The van der Waals surface area contributed by atoms with E-state index in [1.165, 1.54) is 13.3 Å². The smallest absolute Gasteiger partial charge is 0.340 e. The van der Waals surface area contributed by atoms with Gasteiger partial charge in [0.15, 0.2) is 0 Å². The largest absolute Gasteiger partial charge is 0.478 e. The van der Waals surface area contributed by atoms with Crippen LogP contribution in [0.25, 0.3) is 11.1 Å². The van der Waals surface area contributed by atoms with Crippen LogP contribution >= 0.6 is 0 Å². The van der Waals surface area contributed by atoms with Crippen molar-refractivity contribution in [2.75, 3.05) is 13.1 Å². The van der Waals surface area contributed by atoms with Crippen molar-refractivity contribution < 1.29 is 19.1 Å². The SMILES string of the molecule is Cc1oc2ncn(CC(=O)N3CCCC(C)C3)c(=O)c2c1C(=O)O. The van der Waals surface area contributed by atoms with Crippen LogP contribution in [0.1, 0.15) is 35.9 Å². The van der Waals surface area contributed by atoms with E-state index in [9.17, 15) is 19.5 Å². The summed E-state index contributed by atoms with van der Waals surface area (Å²) in [6.07, 6.45) is 3.27.